The maximum Gasteiger partial charge on any atom is 0.416 e. The summed E-state index contributed by atoms with van der Waals surface area (Å²) >= 11 is 7.74. The molecule has 2 aromatic carbocycles. The maximum atomic E-state index is 13.2. The van der Waals surface area contributed by atoms with Crippen LogP contribution >= 0.6 is 23.4 Å². The molecular formula is C19H17ClF3N3S. The van der Waals surface area contributed by atoms with Crippen LogP contribution in [0.15, 0.2) is 53.7 Å². The van der Waals surface area contributed by atoms with Gasteiger partial charge in [-0.15, -0.1) is 10.2 Å². The molecule has 3 aromatic rings. The summed E-state index contributed by atoms with van der Waals surface area (Å²) in [5.41, 5.74) is 0.232. The van der Waals surface area contributed by atoms with Crippen molar-refractivity contribution in [2.45, 2.75) is 25.2 Å². The van der Waals surface area contributed by atoms with Crippen molar-refractivity contribution in [2.75, 3.05) is 5.75 Å². The zero-order valence-electron chi connectivity index (χ0n) is 14.7. The van der Waals surface area contributed by atoms with Crippen LogP contribution < -0.4 is 0 Å². The largest absolute Gasteiger partial charge is 0.416 e. The van der Waals surface area contributed by atoms with Gasteiger partial charge in [0.25, 0.3) is 0 Å². The van der Waals surface area contributed by atoms with Crippen molar-refractivity contribution < 1.29 is 13.2 Å². The topological polar surface area (TPSA) is 30.7 Å². The molecule has 3 nitrogen and oxygen atoms in total. The fourth-order valence-corrected chi connectivity index (χ4v) is 3.60. The highest BCUT2D eigenvalue weighted by Gasteiger charge is 2.31. The molecule has 0 radical (unpaired) electrons. The summed E-state index contributed by atoms with van der Waals surface area (Å²) in [4.78, 5) is 0. The fraction of sp³-hybridized carbons (Fsp3) is 0.263. The van der Waals surface area contributed by atoms with E-state index in [1.165, 1.54) is 17.8 Å². The number of hydrogen-bond acceptors (Lipinski definition) is 3. The average molecular weight is 412 g/mol. The summed E-state index contributed by atoms with van der Waals surface area (Å²) in [6, 6.07) is 12.2. The molecule has 0 unspecified atom stereocenters. The molecule has 0 N–H and O–H groups in total. The van der Waals surface area contributed by atoms with Gasteiger partial charge in [-0.3, -0.25) is 4.57 Å². The minimum absolute atomic E-state index is 0.344. The second-order valence-corrected chi connectivity index (χ2v) is 7.77. The molecule has 142 valence electrons. The van der Waals surface area contributed by atoms with Crippen LogP contribution in [0.3, 0.4) is 0 Å². The summed E-state index contributed by atoms with van der Waals surface area (Å²) < 4.78 is 41.2. The molecule has 8 heteroatoms. The Hall–Kier alpha value is -1.99. The van der Waals surface area contributed by atoms with E-state index in [9.17, 15) is 13.2 Å². The third-order valence-electron chi connectivity index (χ3n) is 3.73. The van der Waals surface area contributed by atoms with Gasteiger partial charge >= 0.3 is 6.18 Å². The number of halogens is 4. The molecule has 0 aliphatic carbocycles. The Morgan fingerprint density at radius 2 is 1.81 bits per heavy atom. The number of thioether (sulfide) groups is 1. The lowest BCUT2D eigenvalue weighted by Gasteiger charge is -2.14. The zero-order chi connectivity index (χ0) is 19.6. The Bertz CT molecular complexity index is 938. The predicted molar refractivity (Wildman–Crippen MR) is 102 cm³/mol. The molecule has 0 spiro atoms. The summed E-state index contributed by atoms with van der Waals surface area (Å²) in [5.74, 6) is 1.57. The van der Waals surface area contributed by atoms with Crippen LogP contribution in [0.5, 0.6) is 0 Å². The highest BCUT2D eigenvalue weighted by atomic mass is 35.5. The molecular weight excluding hydrogens is 395 g/mol. The lowest BCUT2D eigenvalue weighted by Crippen LogP contribution is -2.07. The summed E-state index contributed by atoms with van der Waals surface area (Å²) in [7, 11) is 0. The smallest absolute Gasteiger partial charge is 0.270 e. The van der Waals surface area contributed by atoms with E-state index in [-0.39, 0.29) is 0 Å². The second kappa shape index (κ2) is 7.94. The standard InChI is InChI=1S/C19H17ClF3N3S/c1-12(2)11-27-18-25-24-17(15-8-3-4-9-16(15)20)26(18)14-7-5-6-13(10-14)19(21,22)23/h3-10,12H,11H2,1-2H3. The van der Waals surface area contributed by atoms with Crippen molar-refractivity contribution in [2.24, 2.45) is 5.92 Å². The summed E-state index contributed by atoms with van der Waals surface area (Å²) in [6.45, 7) is 4.12. The molecule has 0 aliphatic heterocycles. The van der Waals surface area contributed by atoms with Crippen molar-refractivity contribution in [3.05, 3.63) is 59.1 Å². The van der Waals surface area contributed by atoms with Crippen LogP contribution in [0.2, 0.25) is 5.02 Å². The highest BCUT2D eigenvalue weighted by molar-refractivity contribution is 7.99. The lowest BCUT2D eigenvalue weighted by molar-refractivity contribution is -0.137. The van der Waals surface area contributed by atoms with E-state index in [1.807, 2.05) is 0 Å². The molecule has 0 atom stereocenters. The van der Waals surface area contributed by atoms with Gasteiger partial charge in [0.1, 0.15) is 0 Å². The normalized spacial score (nSPS) is 12.0. The third-order valence-corrected chi connectivity index (χ3v) is 5.41. The third kappa shape index (κ3) is 4.47. The Labute approximate surface area is 164 Å². The first-order chi connectivity index (χ1) is 12.8. The van der Waals surface area contributed by atoms with E-state index >= 15 is 0 Å². The van der Waals surface area contributed by atoms with Crippen LogP contribution in [0.25, 0.3) is 17.1 Å². The number of alkyl halides is 3. The van der Waals surface area contributed by atoms with E-state index in [0.29, 0.717) is 33.2 Å². The highest BCUT2D eigenvalue weighted by Crippen LogP contribution is 2.35. The van der Waals surface area contributed by atoms with Crippen molar-refractivity contribution in [1.82, 2.24) is 14.8 Å². The van der Waals surface area contributed by atoms with E-state index in [4.69, 9.17) is 11.6 Å². The van der Waals surface area contributed by atoms with Gasteiger partial charge in [-0.25, -0.2) is 0 Å². The van der Waals surface area contributed by atoms with E-state index in [0.717, 1.165) is 17.9 Å². The first-order valence-corrected chi connectivity index (χ1v) is 9.64. The van der Waals surface area contributed by atoms with Gasteiger partial charge in [0, 0.05) is 11.3 Å². The minimum atomic E-state index is -4.43. The number of hydrogen-bond donors (Lipinski definition) is 0. The molecule has 0 amide bonds. The van der Waals surface area contributed by atoms with Gasteiger partial charge in [0.15, 0.2) is 11.0 Å². The molecule has 1 aromatic heterocycles. The van der Waals surface area contributed by atoms with Crippen LogP contribution in [0, 0.1) is 5.92 Å². The Morgan fingerprint density at radius 3 is 2.48 bits per heavy atom. The molecule has 0 saturated carbocycles. The van der Waals surface area contributed by atoms with Gasteiger partial charge in [0.05, 0.1) is 16.3 Å². The van der Waals surface area contributed by atoms with E-state index < -0.39 is 11.7 Å². The minimum Gasteiger partial charge on any atom is -0.270 e. The lowest BCUT2D eigenvalue weighted by atomic mass is 10.1. The molecule has 3 rings (SSSR count). The van der Waals surface area contributed by atoms with Crippen LogP contribution in [-0.4, -0.2) is 20.5 Å². The van der Waals surface area contributed by atoms with Crippen LogP contribution in [-0.2, 0) is 6.18 Å². The van der Waals surface area contributed by atoms with E-state index in [2.05, 4.69) is 24.0 Å². The van der Waals surface area contributed by atoms with Crippen molar-refractivity contribution >= 4 is 23.4 Å². The first kappa shape index (κ1) is 19.8. The number of rotatable bonds is 5. The van der Waals surface area contributed by atoms with Gasteiger partial charge in [-0.2, -0.15) is 13.2 Å². The Balaban J connectivity index is 2.17. The molecule has 27 heavy (non-hydrogen) atoms. The fourth-order valence-electron chi connectivity index (χ4n) is 2.48. The van der Waals surface area contributed by atoms with Gasteiger partial charge in [-0.1, -0.05) is 55.4 Å². The van der Waals surface area contributed by atoms with Crippen molar-refractivity contribution in [1.29, 1.82) is 0 Å². The summed E-state index contributed by atoms with van der Waals surface area (Å²) in [5, 5.41) is 9.41. The number of benzene rings is 2. The summed E-state index contributed by atoms with van der Waals surface area (Å²) in [6.07, 6.45) is -4.43. The van der Waals surface area contributed by atoms with Crippen molar-refractivity contribution in [3.63, 3.8) is 0 Å². The maximum absolute atomic E-state index is 13.2. The van der Waals surface area contributed by atoms with Gasteiger partial charge in [-0.05, 0) is 36.2 Å². The Morgan fingerprint density at radius 1 is 1.07 bits per heavy atom. The molecule has 0 saturated heterocycles. The monoisotopic (exact) mass is 411 g/mol. The predicted octanol–water partition coefficient (Wildman–Crippen LogP) is 6.35. The second-order valence-electron chi connectivity index (χ2n) is 6.37. The number of aromatic nitrogens is 3. The van der Waals surface area contributed by atoms with Gasteiger partial charge < -0.3 is 0 Å². The van der Waals surface area contributed by atoms with E-state index in [1.54, 1.807) is 34.9 Å². The first-order valence-electron chi connectivity index (χ1n) is 8.28. The average Bonchev–Trinajstić information content (AvgIpc) is 3.03. The molecule has 0 fully saturated rings. The molecule has 0 aliphatic rings. The van der Waals surface area contributed by atoms with Crippen molar-refractivity contribution in [3.8, 4) is 17.1 Å². The zero-order valence-corrected chi connectivity index (χ0v) is 16.2. The Kier molecular flexibility index (Phi) is 5.81. The number of nitrogens with zero attached hydrogens (tertiary/aromatic N) is 3. The van der Waals surface area contributed by atoms with Gasteiger partial charge in [0.2, 0.25) is 0 Å². The van der Waals surface area contributed by atoms with Crippen LogP contribution in [0.1, 0.15) is 19.4 Å². The molecule has 1 heterocycles. The SMILES string of the molecule is CC(C)CSc1nnc(-c2ccccc2Cl)n1-c1cccc(C(F)(F)F)c1. The van der Waals surface area contributed by atoms with Crippen LogP contribution in [0.4, 0.5) is 13.2 Å². The molecule has 0 bridgehead atoms. The quantitative estimate of drug-likeness (QED) is 0.458.